The molecule has 0 radical (unpaired) electrons. The summed E-state index contributed by atoms with van der Waals surface area (Å²) in [5.41, 5.74) is -0.450. The van der Waals surface area contributed by atoms with Crippen LogP contribution in [-0.4, -0.2) is 49.5 Å². The molecule has 4 rings (SSSR count). The maximum absolute atomic E-state index is 13.0. The number of ether oxygens (including phenoxy) is 3. The van der Waals surface area contributed by atoms with Gasteiger partial charge in [0.15, 0.2) is 0 Å². The molecule has 25 heavy (non-hydrogen) atoms. The number of carbonyl (C=O) groups is 2. The summed E-state index contributed by atoms with van der Waals surface area (Å²) >= 11 is 6.20. The van der Waals surface area contributed by atoms with Crippen molar-refractivity contribution in [2.75, 3.05) is 25.7 Å². The third-order valence-corrected chi connectivity index (χ3v) is 5.42. The van der Waals surface area contributed by atoms with Crippen LogP contribution in [0.1, 0.15) is 0 Å². The molecular formula is C17H16ClNO6. The lowest BCUT2D eigenvalue weighted by Gasteiger charge is -2.23. The largest absolute Gasteiger partial charge is 0.495 e. The van der Waals surface area contributed by atoms with Gasteiger partial charge in [-0.15, -0.1) is 0 Å². The van der Waals surface area contributed by atoms with Gasteiger partial charge in [0, 0.05) is 6.07 Å². The number of carboxylic acids is 1. The van der Waals surface area contributed by atoms with Gasteiger partial charge < -0.3 is 24.2 Å². The maximum Gasteiger partial charge on any atom is 0.310 e. The van der Waals surface area contributed by atoms with Crippen molar-refractivity contribution in [2.45, 2.75) is 11.7 Å². The minimum Gasteiger partial charge on any atom is -0.495 e. The van der Waals surface area contributed by atoms with E-state index in [4.69, 9.17) is 25.8 Å². The number of rotatable bonds is 4. The van der Waals surface area contributed by atoms with Crippen LogP contribution in [0.25, 0.3) is 0 Å². The second kappa shape index (κ2) is 5.37. The number of nitrogens with zero attached hydrogens (tertiary/aromatic N) is 1. The summed E-state index contributed by atoms with van der Waals surface area (Å²) < 4.78 is 16.4. The fourth-order valence-corrected chi connectivity index (χ4v) is 4.27. The Labute approximate surface area is 148 Å². The molecule has 1 spiro atoms. The number of halogens is 1. The van der Waals surface area contributed by atoms with Crippen LogP contribution in [0, 0.1) is 11.8 Å². The Morgan fingerprint density at radius 1 is 1.36 bits per heavy atom. The van der Waals surface area contributed by atoms with E-state index in [9.17, 15) is 14.7 Å². The summed E-state index contributed by atoms with van der Waals surface area (Å²) in [6, 6.07) is 3.18. The lowest BCUT2D eigenvalue weighted by Crippen LogP contribution is -2.39. The number of fused-ring (bicyclic) bond motifs is 1. The van der Waals surface area contributed by atoms with Crippen LogP contribution in [0.2, 0.25) is 5.02 Å². The quantitative estimate of drug-likeness (QED) is 0.818. The van der Waals surface area contributed by atoms with Gasteiger partial charge in [-0.1, -0.05) is 23.8 Å². The van der Waals surface area contributed by atoms with Crippen molar-refractivity contribution in [2.24, 2.45) is 11.8 Å². The summed E-state index contributed by atoms with van der Waals surface area (Å²) in [6.45, 7) is 0.215. The molecule has 0 aromatic heterocycles. The first-order valence-corrected chi connectivity index (χ1v) is 8.12. The molecule has 0 unspecified atom stereocenters. The number of carboxylic acid groups (broad SMARTS) is 1. The normalized spacial score (nSPS) is 32.2. The third-order valence-electron chi connectivity index (χ3n) is 5.13. The predicted molar refractivity (Wildman–Crippen MR) is 88.3 cm³/mol. The van der Waals surface area contributed by atoms with Crippen molar-refractivity contribution in [3.8, 4) is 11.5 Å². The molecule has 2 saturated heterocycles. The summed E-state index contributed by atoms with van der Waals surface area (Å²) in [4.78, 5) is 26.2. The van der Waals surface area contributed by atoms with Crippen LogP contribution in [0.15, 0.2) is 24.3 Å². The van der Waals surface area contributed by atoms with Gasteiger partial charge in [-0.25, -0.2) is 0 Å². The third kappa shape index (κ3) is 2.09. The lowest BCUT2D eigenvalue weighted by molar-refractivity contribution is -0.146. The van der Waals surface area contributed by atoms with Crippen molar-refractivity contribution in [1.29, 1.82) is 0 Å². The first-order valence-electron chi connectivity index (χ1n) is 7.75. The van der Waals surface area contributed by atoms with E-state index in [0.29, 0.717) is 22.2 Å². The number of methoxy groups -OCH3 is 2. The Morgan fingerprint density at radius 3 is 2.72 bits per heavy atom. The molecule has 2 bridgehead atoms. The van der Waals surface area contributed by atoms with Crippen LogP contribution < -0.4 is 14.4 Å². The Bertz CT molecular complexity index is 809. The zero-order valence-corrected chi connectivity index (χ0v) is 14.3. The zero-order valence-electron chi connectivity index (χ0n) is 13.6. The molecular weight excluding hydrogens is 350 g/mol. The standard InChI is InChI=1S/C17H16ClNO6/c1-23-11-6-12(24-2)9(5-8(11)18)19-7-17-4-3-10(25-17)13(16(21)22)14(17)15(19)20/h3-6,10,13-14H,7H2,1-2H3,(H,21,22)/t10-,13+,14+,17-/m1/s1. The van der Waals surface area contributed by atoms with Gasteiger partial charge in [0.05, 0.1) is 43.5 Å². The molecule has 0 aliphatic carbocycles. The number of hydrogen-bond donors (Lipinski definition) is 1. The molecule has 0 saturated carbocycles. The molecule has 1 N–H and O–H groups in total. The molecule has 3 heterocycles. The van der Waals surface area contributed by atoms with E-state index in [2.05, 4.69) is 0 Å². The topological polar surface area (TPSA) is 85.3 Å². The van der Waals surface area contributed by atoms with E-state index in [-0.39, 0.29) is 12.5 Å². The monoisotopic (exact) mass is 365 g/mol. The van der Waals surface area contributed by atoms with E-state index >= 15 is 0 Å². The van der Waals surface area contributed by atoms with Gasteiger partial charge in [0.1, 0.15) is 23.0 Å². The number of anilines is 1. The van der Waals surface area contributed by atoms with Crippen molar-refractivity contribution in [3.63, 3.8) is 0 Å². The first kappa shape index (κ1) is 16.2. The zero-order chi connectivity index (χ0) is 17.9. The number of hydrogen-bond acceptors (Lipinski definition) is 5. The molecule has 1 aromatic carbocycles. The minimum absolute atomic E-state index is 0.215. The molecule has 3 aliphatic rings. The lowest BCUT2D eigenvalue weighted by atomic mass is 9.77. The van der Waals surface area contributed by atoms with Crippen molar-refractivity contribution in [1.82, 2.24) is 0 Å². The van der Waals surface area contributed by atoms with Gasteiger partial charge in [0.25, 0.3) is 0 Å². The minimum atomic E-state index is -1.03. The maximum atomic E-state index is 13.0. The highest BCUT2D eigenvalue weighted by Crippen LogP contribution is 2.54. The van der Waals surface area contributed by atoms with Gasteiger partial charge in [-0.3, -0.25) is 9.59 Å². The molecule has 132 valence electrons. The van der Waals surface area contributed by atoms with Gasteiger partial charge in [-0.05, 0) is 6.07 Å². The summed E-state index contributed by atoms with van der Waals surface area (Å²) in [7, 11) is 2.97. The molecule has 4 atom stereocenters. The van der Waals surface area contributed by atoms with Crippen LogP contribution in [0.3, 0.4) is 0 Å². The van der Waals surface area contributed by atoms with Crippen LogP contribution in [0.4, 0.5) is 5.69 Å². The van der Waals surface area contributed by atoms with Crippen LogP contribution in [0.5, 0.6) is 11.5 Å². The first-order chi connectivity index (χ1) is 11.9. The van der Waals surface area contributed by atoms with E-state index in [0.717, 1.165) is 0 Å². The van der Waals surface area contributed by atoms with E-state index in [1.165, 1.54) is 19.1 Å². The Hall–Kier alpha value is -2.25. The molecule has 1 amide bonds. The fraction of sp³-hybridized carbons (Fsp3) is 0.412. The average Bonchev–Trinajstić information content (AvgIpc) is 3.22. The van der Waals surface area contributed by atoms with Crippen molar-refractivity contribution < 1.29 is 28.9 Å². The van der Waals surface area contributed by atoms with Crippen LogP contribution in [-0.2, 0) is 14.3 Å². The average molecular weight is 366 g/mol. The fourth-order valence-electron chi connectivity index (χ4n) is 4.04. The number of carbonyl (C=O) groups excluding carboxylic acids is 1. The van der Waals surface area contributed by atoms with Crippen molar-refractivity contribution in [3.05, 3.63) is 29.3 Å². The molecule has 7 nitrogen and oxygen atoms in total. The molecule has 1 aromatic rings. The van der Waals surface area contributed by atoms with Gasteiger partial charge in [-0.2, -0.15) is 0 Å². The van der Waals surface area contributed by atoms with E-state index in [1.54, 1.807) is 24.3 Å². The highest BCUT2D eigenvalue weighted by Gasteiger charge is 2.67. The highest BCUT2D eigenvalue weighted by atomic mass is 35.5. The Balaban J connectivity index is 1.77. The van der Waals surface area contributed by atoms with E-state index in [1.807, 2.05) is 0 Å². The number of benzene rings is 1. The number of aliphatic carboxylic acids is 1. The summed E-state index contributed by atoms with van der Waals surface area (Å²) in [6.07, 6.45) is 2.97. The van der Waals surface area contributed by atoms with Gasteiger partial charge >= 0.3 is 5.97 Å². The van der Waals surface area contributed by atoms with E-state index < -0.39 is 29.5 Å². The Morgan fingerprint density at radius 2 is 2.08 bits per heavy atom. The van der Waals surface area contributed by atoms with Crippen molar-refractivity contribution >= 4 is 29.2 Å². The summed E-state index contributed by atoms with van der Waals surface area (Å²) in [5, 5.41) is 9.85. The second-order valence-corrected chi connectivity index (χ2v) is 6.73. The Kier molecular flexibility index (Phi) is 3.49. The molecule has 2 fully saturated rings. The van der Waals surface area contributed by atoms with Gasteiger partial charge in [0.2, 0.25) is 5.91 Å². The smallest absolute Gasteiger partial charge is 0.310 e. The highest BCUT2D eigenvalue weighted by molar-refractivity contribution is 6.32. The molecule has 3 aliphatic heterocycles. The second-order valence-electron chi connectivity index (χ2n) is 6.32. The number of amides is 1. The summed E-state index contributed by atoms with van der Waals surface area (Å²) in [5.74, 6) is -2.15. The predicted octanol–water partition coefficient (Wildman–Crippen LogP) is 1.73. The SMILES string of the molecule is COc1cc(OC)c(N2C[C@@]34C=C[C@@H](O3)[C@H](C(=O)O)[C@H]4C2=O)cc1Cl. The molecule has 8 heteroatoms. The van der Waals surface area contributed by atoms with Crippen LogP contribution >= 0.6 is 11.6 Å².